The van der Waals surface area contributed by atoms with E-state index in [9.17, 15) is 9.59 Å². The van der Waals surface area contributed by atoms with Gasteiger partial charge in [0.2, 0.25) is 0 Å². The Labute approximate surface area is 250 Å². The van der Waals surface area contributed by atoms with Crippen molar-refractivity contribution in [3.05, 3.63) is 94.7 Å². The molecular formula is C34H44N4O4. The molecule has 0 aliphatic carbocycles. The topological polar surface area (TPSA) is 75.2 Å². The largest absolute Gasteiger partial charge is 0.459 e. The summed E-state index contributed by atoms with van der Waals surface area (Å²) in [5, 5.41) is 0. The summed E-state index contributed by atoms with van der Waals surface area (Å²) in [5.41, 5.74) is 4.76. The van der Waals surface area contributed by atoms with Gasteiger partial charge in [-0.25, -0.2) is 14.6 Å². The van der Waals surface area contributed by atoms with Gasteiger partial charge >= 0.3 is 11.9 Å². The molecule has 1 aliphatic rings. The van der Waals surface area contributed by atoms with Gasteiger partial charge < -0.3 is 14.4 Å². The van der Waals surface area contributed by atoms with Crippen LogP contribution in [-0.2, 0) is 29.1 Å². The third kappa shape index (κ3) is 8.87. The molecule has 3 aromatic rings. The van der Waals surface area contributed by atoms with Crippen LogP contribution in [-0.4, -0.2) is 71.7 Å². The normalized spacial score (nSPS) is 14.0. The van der Waals surface area contributed by atoms with Crippen molar-refractivity contribution >= 4 is 17.8 Å². The maximum Gasteiger partial charge on any atom is 0.342 e. The van der Waals surface area contributed by atoms with E-state index in [-0.39, 0.29) is 24.1 Å². The van der Waals surface area contributed by atoms with E-state index in [2.05, 4.69) is 56.9 Å². The maximum atomic E-state index is 12.6. The van der Waals surface area contributed by atoms with E-state index in [4.69, 9.17) is 9.47 Å². The van der Waals surface area contributed by atoms with Gasteiger partial charge in [0, 0.05) is 52.0 Å². The number of carbonyl (C=O) groups is 2. The van der Waals surface area contributed by atoms with Gasteiger partial charge in [-0.1, -0.05) is 43.3 Å². The summed E-state index contributed by atoms with van der Waals surface area (Å²) in [5.74, 6) is 0.103. The Hall–Kier alpha value is -3.75. The third-order valence-corrected chi connectivity index (χ3v) is 7.22. The second kappa shape index (κ2) is 14.9. The van der Waals surface area contributed by atoms with E-state index in [1.807, 2.05) is 45.9 Å². The minimum Gasteiger partial charge on any atom is -0.459 e. The average molecular weight is 573 g/mol. The monoisotopic (exact) mass is 572 g/mol. The Morgan fingerprint density at radius 2 is 1.45 bits per heavy atom. The molecule has 0 saturated carbocycles. The van der Waals surface area contributed by atoms with Gasteiger partial charge in [0.25, 0.3) is 0 Å². The molecule has 1 aromatic heterocycles. The molecule has 2 aromatic carbocycles. The Bertz CT molecular complexity index is 1320. The number of piperazine rings is 1. The van der Waals surface area contributed by atoms with Gasteiger partial charge in [0.05, 0.1) is 17.8 Å². The third-order valence-electron chi connectivity index (χ3n) is 7.22. The standard InChI is InChI=1S/C34H44N4O4/c1-6-36(24-29-9-7-10-30(21-29)33(39)41-25(2)3)22-27-12-14-28(15-13-27)23-37-17-19-38(20-18-37)32-31(11-8-16-35-32)34(40)42-26(4)5/h7-16,21,25-26H,6,17-20,22-24H2,1-5H3. The number of hydrogen-bond donors (Lipinski definition) is 0. The quantitative estimate of drug-likeness (QED) is 0.261. The van der Waals surface area contributed by atoms with Crippen LogP contribution in [0.5, 0.6) is 0 Å². The van der Waals surface area contributed by atoms with Crippen molar-refractivity contribution in [2.45, 2.75) is 66.5 Å². The minimum atomic E-state index is -0.322. The molecule has 0 unspecified atom stereocenters. The molecule has 0 atom stereocenters. The van der Waals surface area contributed by atoms with Crippen molar-refractivity contribution in [2.75, 3.05) is 37.6 Å². The van der Waals surface area contributed by atoms with Crippen molar-refractivity contribution in [3.8, 4) is 0 Å². The van der Waals surface area contributed by atoms with Crippen LogP contribution in [0.15, 0.2) is 66.9 Å². The molecule has 0 N–H and O–H groups in total. The molecule has 4 rings (SSSR count). The van der Waals surface area contributed by atoms with Crippen molar-refractivity contribution in [1.29, 1.82) is 0 Å². The number of anilines is 1. The van der Waals surface area contributed by atoms with Gasteiger partial charge in [0.15, 0.2) is 0 Å². The van der Waals surface area contributed by atoms with E-state index in [0.29, 0.717) is 16.9 Å². The van der Waals surface area contributed by atoms with Gasteiger partial charge in [0.1, 0.15) is 11.4 Å². The molecule has 0 spiro atoms. The Morgan fingerprint density at radius 3 is 2.12 bits per heavy atom. The first kappa shape index (κ1) is 31.2. The predicted octanol–water partition coefficient (Wildman–Crippen LogP) is 5.56. The lowest BCUT2D eigenvalue weighted by atomic mass is 10.1. The fraction of sp³-hybridized carbons (Fsp3) is 0.441. The van der Waals surface area contributed by atoms with Crippen LogP contribution in [0.25, 0.3) is 0 Å². The molecule has 8 nitrogen and oxygen atoms in total. The highest BCUT2D eigenvalue weighted by atomic mass is 16.5. The molecule has 42 heavy (non-hydrogen) atoms. The number of benzene rings is 2. The van der Waals surface area contributed by atoms with Crippen LogP contribution in [0.1, 0.15) is 72.0 Å². The number of ether oxygens (including phenoxy) is 2. The van der Waals surface area contributed by atoms with E-state index in [0.717, 1.165) is 57.9 Å². The lowest BCUT2D eigenvalue weighted by molar-refractivity contribution is 0.0367. The summed E-state index contributed by atoms with van der Waals surface area (Å²) < 4.78 is 10.8. The first-order valence-corrected chi connectivity index (χ1v) is 14.9. The number of rotatable bonds is 12. The van der Waals surface area contributed by atoms with E-state index in [1.54, 1.807) is 18.3 Å². The van der Waals surface area contributed by atoms with Crippen LogP contribution in [0, 0.1) is 0 Å². The summed E-state index contributed by atoms with van der Waals surface area (Å²) in [7, 11) is 0. The summed E-state index contributed by atoms with van der Waals surface area (Å²) in [6, 6.07) is 20.2. The lowest BCUT2D eigenvalue weighted by Gasteiger charge is -2.36. The zero-order valence-corrected chi connectivity index (χ0v) is 25.6. The Morgan fingerprint density at radius 1 is 0.810 bits per heavy atom. The number of aromatic nitrogens is 1. The Balaban J connectivity index is 1.29. The SMILES string of the molecule is CCN(Cc1ccc(CN2CCN(c3ncccc3C(=O)OC(C)C)CC2)cc1)Cc1cccc(C(=O)OC(C)C)c1. The highest BCUT2D eigenvalue weighted by Crippen LogP contribution is 2.21. The summed E-state index contributed by atoms with van der Waals surface area (Å²) in [6.07, 6.45) is 1.43. The first-order valence-electron chi connectivity index (χ1n) is 14.9. The summed E-state index contributed by atoms with van der Waals surface area (Å²) in [6.45, 7) is 16.4. The van der Waals surface area contributed by atoms with Gasteiger partial charge in [-0.15, -0.1) is 0 Å². The average Bonchev–Trinajstić information content (AvgIpc) is 2.97. The molecule has 1 saturated heterocycles. The van der Waals surface area contributed by atoms with E-state index in [1.165, 1.54) is 11.1 Å². The minimum absolute atomic E-state index is 0.137. The fourth-order valence-corrected chi connectivity index (χ4v) is 5.09. The zero-order valence-electron chi connectivity index (χ0n) is 25.6. The molecule has 224 valence electrons. The number of carbonyl (C=O) groups excluding carboxylic acids is 2. The molecule has 0 radical (unpaired) electrons. The molecule has 0 bridgehead atoms. The molecule has 1 aliphatic heterocycles. The van der Waals surface area contributed by atoms with Crippen LogP contribution in [0.4, 0.5) is 5.82 Å². The highest BCUT2D eigenvalue weighted by molar-refractivity contribution is 5.95. The van der Waals surface area contributed by atoms with Crippen molar-refractivity contribution in [3.63, 3.8) is 0 Å². The van der Waals surface area contributed by atoms with Crippen LogP contribution in [0.3, 0.4) is 0 Å². The van der Waals surface area contributed by atoms with Crippen LogP contribution < -0.4 is 4.90 Å². The highest BCUT2D eigenvalue weighted by Gasteiger charge is 2.24. The smallest absolute Gasteiger partial charge is 0.342 e. The molecular weight excluding hydrogens is 528 g/mol. The molecule has 8 heteroatoms. The summed E-state index contributed by atoms with van der Waals surface area (Å²) >= 11 is 0. The number of pyridine rings is 1. The maximum absolute atomic E-state index is 12.6. The van der Waals surface area contributed by atoms with Gasteiger partial charge in [-0.05, 0) is 75.2 Å². The van der Waals surface area contributed by atoms with Crippen molar-refractivity contribution in [2.24, 2.45) is 0 Å². The van der Waals surface area contributed by atoms with E-state index >= 15 is 0 Å². The summed E-state index contributed by atoms with van der Waals surface area (Å²) in [4.78, 5) is 36.4. The predicted molar refractivity (Wildman–Crippen MR) is 166 cm³/mol. The van der Waals surface area contributed by atoms with Crippen LogP contribution >= 0.6 is 0 Å². The molecule has 0 amide bonds. The lowest BCUT2D eigenvalue weighted by Crippen LogP contribution is -2.46. The van der Waals surface area contributed by atoms with Crippen molar-refractivity contribution < 1.29 is 19.1 Å². The molecule has 2 heterocycles. The number of hydrogen-bond acceptors (Lipinski definition) is 8. The number of nitrogens with zero attached hydrogens (tertiary/aromatic N) is 4. The Kier molecular flexibility index (Phi) is 11.1. The fourth-order valence-electron chi connectivity index (χ4n) is 5.09. The number of esters is 2. The molecule has 1 fully saturated rings. The first-order chi connectivity index (χ1) is 20.2. The second-order valence-corrected chi connectivity index (χ2v) is 11.4. The van der Waals surface area contributed by atoms with E-state index < -0.39 is 0 Å². The van der Waals surface area contributed by atoms with Crippen molar-refractivity contribution in [1.82, 2.24) is 14.8 Å². The van der Waals surface area contributed by atoms with Gasteiger partial charge in [-0.3, -0.25) is 9.80 Å². The zero-order chi connectivity index (χ0) is 30.1. The van der Waals surface area contributed by atoms with Gasteiger partial charge in [-0.2, -0.15) is 0 Å². The van der Waals surface area contributed by atoms with Crippen LogP contribution in [0.2, 0.25) is 0 Å². The second-order valence-electron chi connectivity index (χ2n) is 11.4.